The van der Waals surface area contributed by atoms with E-state index in [1.165, 1.54) is 33.5 Å². The Morgan fingerprint density at radius 2 is 1.58 bits per heavy atom. The van der Waals surface area contributed by atoms with Crippen molar-refractivity contribution in [2.75, 3.05) is 26.2 Å². The second-order valence-corrected chi connectivity index (χ2v) is 8.41. The second kappa shape index (κ2) is 6.02. The van der Waals surface area contributed by atoms with Gasteiger partial charge in [-0.05, 0) is 37.1 Å². The third-order valence-corrected chi connectivity index (χ3v) is 6.71. The van der Waals surface area contributed by atoms with Gasteiger partial charge in [0.15, 0.2) is 0 Å². The molecule has 3 rings (SSSR count). The molecule has 0 bridgehead atoms. The van der Waals surface area contributed by atoms with Crippen LogP contribution in [0.4, 0.5) is 0 Å². The number of carbonyl (C=O) groups excluding carboxylic acids is 1. The van der Waals surface area contributed by atoms with Crippen LogP contribution in [-0.4, -0.2) is 60.8 Å². The van der Waals surface area contributed by atoms with Gasteiger partial charge < -0.3 is 10.0 Å². The summed E-state index contributed by atoms with van der Waals surface area (Å²) in [6.07, 6.45) is 0.703. The lowest BCUT2D eigenvalue weighted by atomic mass is 10.1. The number of amides is 1. The molecule has 130 valence electrons. The monoisotopic (exact) mass is 372 g/mol. The molecule has 2 fully saturated rings. The molecule has 1 aromatic carbocycles. The van der Waals surface area contributed by atoms with E-state index in [0.29, 0.717) is 17.9 Å². The van der Waals surface area contributed by atoms with Gasteiger partial charge in [-0.3, -0.25) is 9.59 Å². The lowest BCUT2D eigenvalue weighted by molar-refractivity contribution is -0.154. The van der Waals surface area contributed by atoms with Crippen molar-refractivity contribution in [3.63, 3.8) is 0 Å². The molecule has 1 aliphatic heterocycles. The molecule has 1 aromatic rings. The number of halogens is 1. The number of sulfonamides is 1. The van der Waals surface area contributed by atoms with E-state index in [0.717, 1.165) is 0 Å². The van der Waals surface area contributed by atoms with Gasteiger partial charge in [-0.15, -0.1) is 0 Å². The van der Waals surface area contributed by atoms with Crippen molar-refractivity contribution in [3.05, 3.63) is 29.3 Å². The van der Waals surface area contributed by atoms with Crippen LogP contribution >= 0.6 is 11.6 Å². The van der Waals surface area contributed by atoms with Crippen LogP contribution in [0.15, 0.2) is 29.2 Å². The maximum absolute atomic E-state index is 12.6. The first kappa shape index (κ1) is 17.2. The summed E-state index contributed by atoms with van der Waals surface area (Å²) in [6, 6.07) is 5.91. The summed E-state index contributed by atoms with van der Waals surface area (Å²) in [5, 5.41) is 9.64. The van der Waals surface area contributed by atoms with E-state index < -0.39 is 27.3 Å². The molecule has 1 saturated heterocycles. The van der Waals surface area contributed by atoms with E-state index in [2.05, 4.69) is 0 Å². The standard InChI is InChI=1S/C15H17ClN2O5S/c16-11-1-3-12(4-2-11)24(22,23)18-9-7-17(8-10-18)13(19)15(5-6-15)14(20)21/h1-4H,5-10H2,(H,20,21). The number of carbonyl (C=O) groups is 2. The summed E-state index contributed by atoms with van der Waals surface area (Å²) in [7, 11) is -3.64. The highest BCUT2D eigenvalue weighted by atomic mass is 35.5. The molecule has 24 heavy (non-hydrogen) atoms. The lowest BCUT2D eigenvalue weighted by Crippen LogP contribution is -2.53. The van der Waals surface area contributed by atoms with E-state index in [-0.39, 0.29) is 31.1 Å². The summed E-state index contributed by atoms with van der Waals surface area (Å²) >= 11 is 5.78. The molecule has 1 saturated carbocycles. The topological polar surface area (TPSA) is 95.0 Å². The number of piperazine rings is 1. The third-order valence-electron chi connectivity index (χ3n) is 4.55. The van der Waals surface area contributed by atoms with E-state index in [1.807, 2.05) is 0 Å². The van der Waals surface area contributed by atoms with Crippen molar-refractivity contribution >= 4 is 33.5 Å². The van der Waals surface area contributed by atoms with E-state index in [4.69, 9.17) is 11.6 Å². The van der Waals surface area contributed by atoms with Gasteiger partial charge in [0.1, 0.15) is 5.41 Å². The number of nitrogens with zero attached hydrogens (tertiary/aromatic N) is 2. The van der Waals surface area contributed by atoms with Gasteiger partial charge in [-0.25, -0.2) is 8.42 Å². The van der Waals surface area contributed by atoms with Crippen LogP contribution in [-0.2, 0) is 19.6 Å². The van der Waals surface area contributed by atoms with Crippen LogP contribution in [0, 0.1) is 5.41 Å². The average molecular weight is 373 g/mol. The summed E-state index contributed by atoms with van der Waals surface area (Å²) in [5.74, 6) is -1.50. The lowest BCUT2D eigenvalue weighted by Gasteiger charge is -2.35. The fourth-order valence-electron chi connectivity index (χ4n) is 2.83. The zero-order valence-electron chi connectivity index (χ0n) is 12.8. The van der Waals surface area contributed by atoms with Crippen molar-refractivity contribution < 1.29 is 23.1 Å². The van der Waals surface area contributed by atoms with Crippen molar-refractivity contribution in [1.29, 1.82) is 0 Å². The molecule has 7 nitrogen and oxygen atoms in total. The molecule has 0 aromatic heterocycles. The first-order chi connectivity index (χ1) is 11.3. The van der Waals surface area contributed by atoms with Gasteiger partial charge in [0, 0.05) is 31.2 Å². The largest absolute Gasteiger partial charge is 0.480 e. The molecule has 0 radical (unpaired) electrons. The van der Waals surface area contributed by atoms with Crippen LogP contribution in [0.3, 0.4) is 0 Å². The highest BCUT2D eigenvalue weighted by molar-refractivity contribution is 7.89. The van der Waals surface area contributed by atoms with Gasteiger partial charge in [0.2, 0.25) is 15.9 Å². The SMILES string of the molecule is O=C(O)C1(C(=O)N2CCN(S(=O)(=O)c3ccc(Cl)cc3)CC2)CC1. The smallest absolute Gasteiger partial charge is 0.319 e. The Labute approximate surface area is 144 Å². The predicted molar refractivity (Wildman–Crippen MR) is 86.1 cm³/mol. The molecular weight excluding hydrogens is 356 g/mol. The fraction of sp³-hybridized carbons (Fsp3) is 0.467. The minimum absolute atomic E-state index is 0.145. The number of carboxylic acids is 1. The van der Waals surface area contributed by atoms with Crippen LogP contribution in [0.2, 0.25) is 5.02 Å². The van der Waals surface area contributed by atoms with Crippen molar-refractivity contribution in [2.45, 2.75) is 17.7 Å². The highest BCUT2D eigenvalue weighted by Crippen LogP contribution is 2.47. The molecule has 0 spiro atoms. The summed E-state index contributed by atoms with van der Waals surface area (Å²) < 4.78 is 26.5. The molecule has 9 heteroatoms. The first-order valence-corrected chi connectivity index (χ1v) is 9.38. The molecule has 1 heterocycles. The van der Waals surface area contributed by atoms with Crippen molar-refractivity contribution in [1.82, 2.24) is 9.21 Å². The van der Waals surface area contributed by atoms with Crippen LogP contribution in [0.1, 0.15) is 12.8 Å². The van der Waals surface area contributed by atoms with Gasteiger partial charge in [0.25, 0.3) is 0 Å². The molecule has 2 aliphatic rings. The van der Waals surface area contributed by atoms with Gasteiger partial charge in [0.05, 0.1) is 4.90 Å². The molecule has 0 unspecified atom stereocenters. The minimum Gasteiger partial charge on any atom is -0.480 e. The van der Waals surface area contributed by atoms with E-state index in [9.17, 15) is 23.1 Å². The van der Waals surface area contributed by atoms with Gasteiger partial charge in [-0.1, -0.05) is 11.6 Å². The third kappa shape index (κ3) is 2.89. The number of benzene rings is 1. The predicted octanol–water partition coefficient (Wildman–Crippen LogP) is 1.04. The van der Waals surface area contributed by atoms with Crippen LogP contribution in [0.25, 0.3) is 0 Å². The summed E-state index contributed by atoms with van der Waals surface area (Å²) in [6.45, 7) is 0.681. The van der Waals surface area contributed by atoms with E-state index in [1.54, 1.807) is 0 Å². The maximum atomic E-state index is 12.6. The molecule has 1 amide bonds. The number of hydrogen-bond acceptors (Lipinski definition) is 4. The Kier molecular flexibility index (Phi) is 4.31. The zero-order valence-corrected chi connectivity index (χ0v) is 14.4. The Morgan fingerprint density at radius 3 is 2.04 bits per heavy atom. The molecule has 0 atom stereocenters. The number of carboxylic acid groups (broad SMARTS) is 1. The fourth-order valence-corrected chi connectivity index (χ4v) is 4.38. The molecule has 1 N–H and O–H groups in total. The Morgan fingerprint density at radius 1 is 1.04 bits per heavy atom. The van der Waals surface area contributed by atoms with Crippen molar-refractivity contribution in [3.8, 4) is 0 Å². The van der Waals surface area contributed by atoms with Crippen molar-refractivity contribution in [2.24, 2.45) is 5.41 Å². The Balaban J connectivity index is 1.68. The Hall–Kier alpha value is -1.64. The van der Waals surface area contributed by atoms with Gasteiger partial charge in [-0.2, -0.15) is 4.31 Å². The summed E-state index contributed by atoms with van der Waals surface area (Å²) in [4.78, 5) is 25.2. The highest BCUT2D eigenvalue weighted by Gasteiger charge is 2.58. The number of hydrogen-bond donors (Lipinski definition) is 1. The molecule has 1 aliphatic carbocycles. The minimum atomic E-state index is -3.64. The van der Waals surface area contributed by atoms with Crippen LogP contribution in [0.5, 0.6) is 0 Å². The van der Waals surface area contributed by atoms with Gasteiger partial charge >= 0.3 is 5.97 Å². The first-order valence-electron chi connectivity index (χ1n) is 7.56. The number of aliphatic carboxylic acids is 1. The normalized spacial score (nSPS) is 20.6. The number of rotatable bonds is 4. The molecular formula is C15H17ClN2O5S. The average Bonchev–Trinajstić information content (AvgIpc) is 3.36. The summed E-state index contributed by atoms with van der Waals surface area (Å²) in [5.41, 5.74) is -1.28. The Bertz CT molecular complexity index is 766. The zero-order chi connectivity index (χ0) is 17.5. The second-order valence-electron chi connectivity index (χ2n) is 6.04. The maximum Gasteiger partial charge on any atom is 0.319 e. The van der Waals surface area contributed by atoms with Crippen LogP contribution < -0.4 is 0 Å². The van der Waals surface area contributed by atoms with E-state index >= 15 is 0 Å². The quantitative estimate of drug-likeness (QED) is 0.797.